The van der Waals surface area contributed by atoms with E-state index in [0.29, 0.717) is 12.6 Å². The summed E-state index contributed by atoms with van der Waals surface area (Å²) in [4.78, 5) is 3.98. The lowest BCUT2D eigenvalue weighted by Gasteiger charge is -2.07. The van der Waals surface area contributed by atoms with Crippen molar-refractivity contribution in [3.8, 4) is 0 Å². The van der Waals surface area contributed by atoms with Crippen molar-refractivity contribution in [2.75, 3.05) is 6.54 Å². The zero-order valence-corrected chi connectivity index (χ0v) is 8.34. The van der Waals surface area contributed by atoms with Crippen molar-refractivity contribution in [3.63, 3.8) is 0 Å². The number of amidine groups is 1. The minimum absolute atomic E-state index is 0.0532. The van der Waals surface area contributed by atoms with Gasteiger partial charge in [0.1, 0.15) is 6.10 Å². The van der Waals surface area contributed by atoms with Crippen LogP contribution in [0.15, 0.2) is 17.4 Å². The van der Waals surface area contributed by atoms with E-state index in [1.54, 1.807) is 6.20 Å². The minimum atomic E-state index is -0.0532. The summed E-state index contributed by atoms with van der Waals surface area (Å²) >= 11 is 0. The molecule has 0 saturated carbocycles. The maximum Gasteiger partial charge on any atom is 0.282 e. The topological polar surface area (TPSA) is 65.4 Å². The summed E-state index contributed by atoms with van der Waals surface area (Å²) < 4.78 is 7.21. The Morgan fingerprint density at radius 3 is 2.93 bits per heavy atom. The molecule has 0 aromatic carbocycles. The number of hydrogen-bond acceptors (Lipinski definition) is 4. The smallest absolute Gasteiger partial charge is 0.282 e. The predicted octanol–water partition coefficient (Wildman–Crippen LogP) is 0.850. The van der Waals surface area contributed by atoms with Gasteiger partial charge in [-0.3, -0.25) is 4.68 Å². The lowest BCUT2D eigenvalue weighted by Crippen LogP contribution is -2.12. The molecule has 0 radical (unpaired) electrons. The van der Waals surface area contributed by atoms with E-state index in [9.17, 15) is 0 Å². The van der Waals surface area contributed by atoms with Gasteiger partial charge in [-0.2, -0.15) is 5.10 Å². The third-order valence-corrected chi connectivity index (χ3v) is 2.20. The normalized spacial score (nSPS) is 21.1. The molecule has 1 aromatic heterocycles. The summed E-state index contributed by atoms with van der Waals surface area (Å²) in [5.41, 5.74) is 6.46. The molecule has 0 bridgehead atoms. The Hall–Kier alpha value is -1.52. The summed E-state index contributed by atoms with van der Waals surface area (Å²) in [5.74, 6) is 0. The van der Waals surface area contributed by atoms with Crippen LogP contribution in [0.3, 0.4) is 0 Å². The lowest BCUT2D eigenvalue weighted by atomic mass is 10.2. The van der Waals surface area contributed by atoms with Crippen molar-refractivity contribution in [1.29, 1.82) is 0 Å². The highest BCUT2D eigenvalue weighted by atomic mass is 16.5. The summed E-state index contributed by atoms with van der Waals surface area (Å²) in [5, 5.41) is 4.23. The Morgan fingerprint density at radius 1 is 1.64 bits per heavy atom. The summed E-state index contributed by atoms with van der Waals surface area (Å²) in [7, 11) is 0. The molecule has 0 aliphatic carbocycles. The number of nitrogens with zero attached hydrogens (tertiary/aromatic N) is 3. The molecular formula is C9H14N4O. The fourth-order valence-electron chi connectivity index (χ4n) is 1.37. The number of aliphatic imine (C=N–C) groups is 1. The Bertz CT molecular complexity index is 355. The van der Waals surface area contributed by atoms with E-state index >= 15 is 0 Å². The van der Waals surface area contributed by atoms with Gasteiger partial charge >= 0.3 is 0 Å². The van der Waals surface area contributed by atoms with Crippen molar-refractivity contribution in [2.45, 2.75) is 26.0 Å². The van der Waals surface area contributed by atoms with E-state index in [0.717, 1.165) is 5.56 Å². The molecule has 5 heteroatoms. The molecule has 0 spiro atoms. The van der Waals surface area contributed by atoms with Crippen LogP contribution in [0.25, 0.3) is 0 Å². The molecule has 1 atom stereocenters. The van der Waals surface area contributed by atoms with Crippen LogP contribution in [0, 0.1) is 0 Å². The van der Waals surface area contributed by atoms with E-state index in [2.05, 4.69) is 23.9 Å². The van der Waals surface area contributed by atoms with Gasteiger partial charge in [-0.1, -0.05) is 0 Å². The van der Waals surface area contributed by atoms with Crippen LogP contribution in [-0.4, -0.2) is 22.3 Å². The average molecular weight is 194 g/mol. The minimum Gasteiger partial charge on any atom is -0.455 e. The van der Waals surface area contributed by atoms with Crippen LogP contribution in [0.4, 0.5) is 0 Å². The molecule has 0 saturated heterocycles. The molecule has 0 amide bonds. The van der Waals surface area contributed by atoms with Crippen LogP contribution >= 0.6 is 0 Å². The van der Waals surface area contributed by atoms with Gasteiger partial charge in [-0.25, -0.2) is 4.99 Å². The van der Waals surface area contributed by atoms with Gasteiger partial charge in [-0.15, -0.1) is 0 Å². The van der Waals surface area contributed by atoms with E-state index in [-0.39, 0.29) is 12.1 Å². The standard InChI is InChI=1S/C9H14N4O/c1-6(2)13-5-7(3-12-13)8-4-11-9(10)14-8/h3,5-6,8H,4H2,1-2H3,(H2,10,11). The Labute approximate surface area is 82.6 Å². The van der Waals surface area contributed by atoms with Gasteiger partial charge in [0.25, 0.3) is 6.02 Å². The Balaban J connectivity index is 2.11. The maximum absolute atomic E-state index is 5.43. The molecule has 2 heterocycles. The average Bonchev–Trinajstić information content (AvgIpc) is 2.70. The van der Waals surface area contributed by atoms with Crippen LogP contribution in [0.1, 0.15) is 31.6 Å². The molecule has 5 nitrogen and oxygen atoms in total. The molecular weight excluding hydrogens is 180 g/mol. The number of nitrogens with two attached hydrogens (primary N) is 1. The molecule has 14 heavy (non-hydrogen) atoms. The molecule has 1 aliphatic heterocycles. The second kappa shape index (κ2) is 3.32. The summed E-state index contributed by atoms with van der Waals surface area (Å²) in [6, 6.07) is 0.635. The summed E-state index contributed by atoms with van der Waals surface area (Å²) in [6.45, 7) is 4.75. The molecule has 1 aromatic rings. The van der Waals surface area contributed by atoms with Crippen LogP contribution in [0.2, 0.25) is 0 Å². The molecule has 2 N–H and O–H groups in total. The van der Waals surface area contributed by atoms with Crippen LogP contribution < -0.4 is 5.73 Å². The van der Waals surface area contributed by atoms with Gasteiger partial charge in [0.2, 0.25) is 0 Å². The van der Waals surface area contributed by atoms with Crippen molar-refractivity contribution >= 4 is 6.02 Å². The third kappa shape index (κ3) is 1.57. The number of hydrogen-bond donors (Lipinski definition) is 1. The fraction of sp³-hybridized carbons (Fsp3) is 0.556. The maximum atomic E-state index is 5.43. The second-order valence-electron chi connectivity index (χ2n) is 3.63. The number of aromatic nitrogens is 2. The molecule has 2 rings (SSSR count). The van der Waals surface area contributed by atoms with Crippen molar-refractivity contribution in [1.82, 2.24) is 9.78 Å². The monoisotopic (exact) mass is 194 g/mol. The van der Waals surface area contributed by atoms with E-state index in [1.807, 2.05) is 10.9 Å². The van der Waals surface area contributed by atoms with Gasteiger partial charge in [-0.05, 0) is 13.8 Å². The highest BCUT2D eigenvalue weighted by molar-refractivity contribution is 5.73. The highest BCUT2D eigenvalue weighted by Crippen LogP contribution is 2.21. The van der Waals surface area contributed by atoms with Crippen molar-refractivity contribution in [3.05, 3.63) is 18.0 Å². The first kappa shape index (κ1) is 9.05. The predicted molar refractivity (Wildman–Crippen MR) is 52.9 cm³/mol. The molecule has 1 unspecified atom stereocenters. The number of rotatable bonds is 2. The Morgan fingerprint density at radius 2 is 2.43 bits per heavy atom. The Kier molecular flexibility index (Phi) is 2.15. The molecule has 1 aliphatic rings. The number of ether oxygens (including phenoxy) is 1. The van der Waals surface area contributed by atoms with Gasteiger partial charge in [0.15, 0.2) is 0 Å². The van der Waals surface area contributed by atoms with E-state index in [1.165, 1.54) is 0 Å². The van der Waals surface area contributed by atoms with Crippen LogP contribution in [0.5, 0.6) is 0 Å². The largest absolute Gasteiger partial charge is 0.455 e. The SMILES string of the molecule is CC(C)n1cc(C2CN=C(N)O2)cn1. The first-order valence-electron chi connectivity index (χ1n) is 4.67. The zero-order valence-electron chi connectivity index (χ0n) is 8.34. The first-order valence-corrected chi connectivity index (χ1v) is 4.67. The molecule has 76 valence electrons. The van der Waals surface area contributed by atoms with Crippen molar-refractivity contribution < 1.29 is 4.74 Å². The van der Waals surface area contributed by atoms with Gasteiger partial charge < -0.3 is 10.5 Å². The fourth-order valence-corrected chi connectivity index (χ4v) is 1.37. The lowest BCUT2D eigenvalue weighted by molar-refractivity contribution is 0.226. The van der Waals surface area contributed by atoms with Crippen LogP contribution in [-0.2, 0) is 4.74 Å². The quantitative estimate of drug-likeness (QED) is 0.759. The van der Waals surface area contributed by atoms with Gasteiger partial charge in [0, 0.05) is 17.8 Å². The summed E-state index contributed by atoms with van der Waals surface area (Å²) in [6.07, 6.45) is 3.73. The van der Waals surface area contributed by atoms with Crippen molar-refractivity contribution in [2.24, 2.45) is 10.7 Å². The molecule has 0 fully saturated rings. The van der Waals surface area contributed by atoms with E-state index < -0.39 is 0 Å². The van der Waals surface area contributed by atoms with Gasteiger partial charge in [0.05, 0.1) is 12.7 Å². The highest BCUT2D eigenvalue weighted by Gasteiger charge is 2.21. The zero-order chi connectivity index (χ0) is 10.1. The third-order valence-electron chi connectivity index (χ3n) is 2.20. The van der Waals surface area contributed by atoms with E-state index in [4.69, 9.17) is 10.5 Å². The first-order chi connectivity index (χ1) is 6.66. The second-order valence-corrected chi connectivity index (χ2v) is 3.63.